The van der Waals surface area contributed by atoms with Crippen molar-refractivity contribution in [2.75, 3.05) is 26.4 Å². The van der Waals surface area contributed by atoms with Crippen molar-refractivity contribution in [3.05, 3.63) is 12.2 Å². The topological polar surface area (TPSA) is 287 Å². The van der Waals surface area contributed by atoms with Crippen LogP contribution in [0.4, 0.5) is 0 Å². The highest BCUT2D eigenvalue weighted by Crippen LogP contribution is 2.79. The molecule has 0 radical (unpaired) electrons. The van der Waals surface area contributed by atoms with Gasteiger partial charge in [0.15, 0.2) is 18.9 Å². The molecule has 4 aliphatic heterocycles. The summed E-state index contributed by atoms with van der Waals surface area (Å²) >= 11 is 0. The molecule has 4 heterocycles. The maximum absolute atomic E-state index is 12.2. The van der Waals surface area contributed by atoms with Gasteiger partial charge in [0.2, 0.25) is 0 Å². The fourth-order valence-electron chi connectivity index (χ4n) is 15.7. The van der Waals surface area contributed by atoms with Gasteiger partial charge in [-0.2, -0.15) is 0 Å². The summed E-state index contributed by atoms with van der Waals surface area (Å²) in [6, 6.07) is 0. The van der Waals surface area contributed by atoms with Crippen molar-refractivity contribution in [1.82, 2.24) is 0 Å². The molecule has 9 rings (SSSR count). The quantitative estimate of drug-likeness (QED) is 0.104. The molecule has 9 aliphatic rings. The third-order valence-electron chi connectivity index (χ3n) is 20.0. The fraction of sp³-hybridized carbons (Fsp3) is 0.958. The molecule has 1 spiro atoms. The zero-order valence-electron chi connectivity index (χ0n) is 39.5. The Morgan fingerprint density at radius 1 is 0.636 bits per heavy atom. The monoisotopic (exact) mass is 943 g/mol. The number of allylic oxidation sites excluding steroid dienone is 1. The van der Waals surface area contributed by atoms with Crippen molar-refractivity contribution >= 4 is 0 Å². The first-order chi connectivity index (χ1) is 30.9. The molecule has 18 heteroatoms. The van der Waals surface area contributed by atoms with Gasteiger partial charge in [0, 0.05) is 22.2 Å². The van der Waals surface area contributed by atoms with Crippen LogP contribution in [0.15, 0.2) is 12.2 Å². The number of aliphatic hydroxyl groups excluding tert-OH is 11. The average Bonchev–Trinajstić information content (AvgIpc) is 3.55. The third kappa shape index (κ3) is 7.08. The Kier molecular flexibility index (Phi) is 12.9. The fourth-order valence-corrected chi connectivity index (χ4v) is 15.7. The van der Waals surface area contributed by atoms with E-state index in [1.54, 1.807) is 0 Å². The van der Waals surface area contributed by atoms with E-state index in [-0.39, 0.29) is 51.4 Å². The minimum atomic E-state index is -1.78. The van der Waals surface area contributed by atoms with Gasteiger partial charge in [-0.15, -0.1) is 0 Å². The molecular formula is C48H78O18. The van der Waals surface area contributed by atoms with Gasteiger partial charge in [-0.25, -0.2) is 0 Å². The number of rotatable bonds is 9. The minimum absolute atomic E-state index is 0.0679. The molecular weight excluding hydrogens is 865 g/mol. The van der Waals surface area contributed by atoms with Crippen molar-refractivity contribution in [2.24, 2.45) is 50.2 Å². The highest BCUT2D eigenvalue weighted by Gasteiger charge is 2.79. The lowest BCUT2D eigenvalue weighted by molar-refractivity contribution is -0.374. The van der Waals surface area contributed by atoms with Gasteiger partial charge in [-0.05, 0) is 86.4 Å². The summed E-state index contributed by atoms with van der Waals surface area (Å²) in [5.74, 6) is 0.184. The number of hydrogen-bond donors (Lipinski definition) is 11. The first-order valence-electron chi connectivity index (χ1n) is 24.5. The summed E-state index contributed by atoms with van der Waals surface area (Å²) in [6.45, 7) is 14.3. The Labute approximate surface area is 387 Å². The smallest absolute Gasteiger partial charge is 0.187 e. The van der Waals surface area contributed by atoms with Crippen LogP contribution in [0.5, 0.6) is 0 Å². The van der Waals surface area contributed by atoms with E-state index in [0.29, 0.717) is 25.9 Å². The Bertz CT molecular complexity index is 1800. The van der Waals surface area contributed by atoms with E-state index in [1.807, 2.05) is 6.92 Å². The summed E-state index contributed by atoms with van der Waals surface area (Å²) in [7, 11) is 0. The first kappa shape index (κ1) is 50.0. The molecule has 0 aromatic rings. The molecule has 66 heavy (non-hydrogen) atoms. The number of fused-ring (bicyclic) bond motifs is 4. The van der Waals surface area contributed by atoms with E-state index in [0.717, 1.165) is 32.1 Å². The van der Waals surface area contributed by atoms with Crippen LogP contribution in [0.3, 0.4) is 0 Å². The van der Waals surface area contributed by atoms with Crippen molar-refractivity contribution < 1.29 is 89.3 Å². The predicted octanol–water partition coefficient (Wildman–Crippen LogP) is -0.399. The van der Waals surface area contributed by atoms with E-state index in [1.165, 1.54) is 6.92 Å². The van der Waals surface area contributed by atoms with Crippen molar-refractivity contribution in [1.29, 1.82) is 0 Å². The highest BCUT2D eigenvalue weighted by molar-refractivity contribution is 5.36. The molecule has 378 valence electrons. The lowest BCUT2D eigenvalue weighted by Gasteiger charge is -2.73. The number of hydrogen-bond acceptors (Lipinski definition) is 18. The van der Waals surface area contributed by atoms with Crippen LogP contribution in [0.2, 0.25) is 0 Å². The predicted molar refractivity (Wildman–Crippen MR) is 229 cm³/mol. The Hall–Kier alpha value is -0.980. The van der Waals surface area contributed by atoms with Crippen LogP contribution in [0.1, 0.15) is 99.8 Å². The van der Waals surface area contributed by atoms with Gasteiger partial charge in [-0.3, -0.25) is 0 Å². The van der Waals surface area contributed by atoms with E-state index < -0.39 is 129 Å². The molecule has 0 amide bonds. The van der Waals surface area contributed by atoms with Crippen molar-refractivity contribution in [3.8, 4) is 0 Å². The lowest BCUT2D eigenvalue weighted by atomic mass is 9.32. The molecule has 0 unspecified atom stereocenters. The molecule has 11 N–H and O–H groups in total. The second-order valence-electron chi connectivity index (χ2n) is 23.8. The van der Waals surface area contributed by atoms with Gasteiger partial charge in [0.25, 0.3) is 0 Å². The molecule has 5 aliphatic carbocycles. The molecule has 0 aromatic heterocycles. The maximum atomic E-state index is 12.2. The lowest BCUT2D eigenvalue weighted by Crippen LogP contribution is -2.72. The summed E-state index contributed by atoms with van der Waals surface area (Å²) in [4.78, 5) is 0. The highest BCUT2D eigenvalue weighted by atomic mass is 16.7. The minimum Gasteiger partial charge on any atom is -0.396 e. The Balaban J connectivity index is 0.985. The number of ether oxygens (including phenoxy) is 7. The van der Waals surface area contributed by atoms with Gasteiger partial charge in [0.05, 0.1) is 50.3 Å². The SMILES string of the molecule is C[C@H]1O[C@@H](O[C@@H]2[C@@H](O)[C@H](O[C@@H]3CC[C@@]4(C)[C@@H](CC[C@]5(C)[C@@H]4C=C[C@]46OC[C@@]7(CCC(C)(C)C[C@H]74)[C@H](O)C[C@]65C)[C@]3(C)CO)O[C@H](CO[C@@H]3O[C@H](CO)[C@@H](O)[C@H](O)[C@H]3O)[C@H]2O)[C@H](O)[C@@H](O)[C@@H]1O. The summed E-state index contributed by atoms with van der Waals surface area (Å²) in [5, 5.41) is 120. The van der Waals surface area contributed by atoms with Gasteiger partial charge >= 0.3 is 0 Å². The second-order valence-corrected chi connectivity index (χ2v) is 23.8. The summed E-state index contributed by atoms with van der Waals surface area (Å²) < 4.78 is 43.2. The van der Waals surface area contributed by atoms with E-state index >= 15 is 0 Å². The zero-order valence-corrected chi connectivity index (χ0v) is 39.5. The molecule has 0 aromatic carbocycles. The normalized spacial score (nSPS) is 58.8. The van der Waals surface area contributed by atoms with Crippen LogP contribution >= 0.6 is 0 Å². The zero-order chi connectivity index (χ0) is 47.9. The second kappa shape index (κ2) is 17.1. The Morgan fingerprint density at radius 2 is 1.30 bits per heavy atom. The standard InChI is InChI=1S/C48H78O18/c1-22-30(52)33(55)36(58)40(62-22)66-38-32(54)24(19-60-39-35(57)34(56)31(53)23(18-49)63-39)64-41(37(38)59)65-29-10-11-43(4)25(44(29,5)20-50)8-12-45(6)26(43)9-13-48-27-16-42(2,3)14-15-47(27,21-61-48)28(51)17-46(45,48)7/h9,13,22-41,49-59H,8,10-12,14-21H2,1-7H3/t22-,23-,24-,25-,26-,27-,28-,29-,30-,31-,32-,33+,34+,35-,36-,37-,38+,39-,40+,41+,43+,44+,45-,46+,47-,48+/m1/s1. The maximum Gasteiger partial charge on any atom is 0.187 e. The van der Waals surface area contributed by atoms with Crippen LogP contribution in [-0.4, -0.2) is 193 Å². The molecule has 2 bridgehead atoms. The van der Waals surface area contributed by atoms with Crippen LogP contribution in [0, 0.1) is 50.2 Å². The molecule has 4 saturated heterocycles. The van der Waals surface area contributed by atoms with Gasteiger partial charge in [0.1, 0.15) is 67.1 Å². The average molecular weight is 943 g/mol. The van der Waals surface area contributed by atoms with Crippen LogP contribution in [0.25, 0.3) is 0 Å². The third-order valence-corrected chi connectivity index (χ3v) is 20.0. The van der Waals surface area contributed by atoms with Crippen LogP contribution < -0.4 is 0 Å². The summed E-state index contributed by atoms with van der Waals surface area (Å²) in [6.07, 6.45) is -13.6. The van der Waals surface area contributed by atoms with Crippen molar-refractivity contribution in [3.63, 3.8) is 0 Å². The molecule has 18 nitrogen and oxygen atoms in total. The van der Waals surface area contributed by atoms with Gasteiger partial charge in [-0.1, -0.05) is 53.7 Å². The van der Waals surface area contributed by atoms with Crippen molar-refractivity contribution in [2.45, 2.75) is 210 Å². The first-order valence-corrected chi connectivity index (χ1v) is 24.5. The summed E-state index contributed by atoms with van der Waals surface area (Å²) in [5.41, 5.74) is -2.48. The van der Waals surface area contributed by atoms with E-state index in [4.69, 9.17) is 33.2 Å². The van der Waals surface area contributed by atoms with Gasteiger partial charge < -0.3 is 89.3 Å². The molecule has 8 fully saturated rings. The van der Waals surface area contributed by atoms with E-state index in [9.17, 15) is 56.2 Å². The van der Waals surface area contributed by atoms with E-state index in [2.05, 4.69) is 46.8 Å². The number of aliphatic hydroxyl groups is 11. The Morgan fingerprint density at radius 3 is 2.00 bits per heavy atom. The largest absolute Gasteiger partial charge is 0.396 e. The molecule has 4 saturated carbocycles. The van der Waals surface area contributed by atoms with Crippen LogP contribution in [-0.2, 0) is 33.2 Å². The molecule has 26 atom stereocenters.